The van der Waals surface area contributed by atoms with E-state index in [9.17, 15) is 13.5 Å². The van der Waals surface area contributed by atoms with Gasteiger partial charge >= 0.3 is 0 Å². The Hall–Kier alpha value is -1.35. The number of nitrogens with two attached hydrogens (primary N) is 2. The molecule has 0 amide bonds. The minimum atomic E-state index is -3.88. The predicted octanol–water partition coefficient (Wildman–Crippen LogP) is -0.130. The molecule has 0 saturated carbocycles. The van der Waals surface area contributed by atoms with E-state index in [-0.39, 0.29) is 11.4 Å². The van der Waals surface area contributed by atoms with Crippen molar-refractivity contribution < 1.29 is 18.3 Å². The summed E-state index contributed by atoms with van der Waals surface area (Å²) in [5, 5.41) is 18.4. The normalized spacial score (nSPS) is 18.7. The Bertz CT molecular complexity index is 582. The highest BCUT2D eigenvalue weighted by Gasteiger charge is 2.30. The van der Waals surface area contributed by atoms with Crippen LogP contribution >= 0.6 is 0 Å². The van der Waals surface area contributed by atoms with Gasteiger partial charge in [-0.2, -0.15) is 0 Å². The Morgan fingerprint density at radius 2 is 2.00 bits per heavy atom. The average molecular weight is 301 g/mol. The first-order chi connectivity index (χ1) is 9.30. The summed E-state index contributed by atoms with van der Waals surface area (Å²) < 4.78 is 28.3. The fourth-order valence-corrected chi connectivity index (χ4v) is 2.86. The Kier molecular flexibility index (Phi) is 4.19. The first-order valence-electron chi connectivity index (χ1n) is 6.27. The van der Waals surface area contributed by atoms with Crippen molar-refractivity contribution in [3.05, 3.63) is 18.2 Å². The molecule has 0 aromatic heterocycles. The SMILES string of the molecule is Nc1ccc(NCC2(O)CCOCC2)c(S(N)(=O)=O)c1. The lowest BCUT2D eigenvalue weighted by Crippen LogP contribution is -2.42. The van der Waals surface area contributed by atoms with Gasteiger partial charge in [0, 0.05) is 38.3 Å². The van der Waals surface area contributed by atoms with Gasteiger partial charge < -0.3 is 20.9 Å². The molecule has 1 aliphatic rings. The number of rotatable bonds is 4. The van der Waals surface area contributed by atoms with E-state index in [0.29, 0.717) is 37.4 Å². The van der Waals surface area contributed by atoms with Gasteiger partial charge in [-0.3, -0.25) is 0 Å². The third kappa shape index (κ3) is 3.60. The smallest absolute Gasteiger partial charge is 0.240 e. The lowest BCUT2D eigenvalue weighted by atomic mass is 9.94. The maximum Gasteiger partial charge on any atom is 0.240 e. The number of benzene rings is 1. The topological polar surface area (TPSA) is 128 Å². The van der Waals surface area contributed by atoms with E-state index in [1.165, 1.54) is 12.1 Å². The monoisotopic (exact) mass is 301 g/mol. The van der Waals surface area contributed by atoms with E-state index in [1.54, 1.807) is 6.07 Å². The van der Waals surface area contributed by atoms with E-state index < -0.39 is 15.6 Å². The van der Waals surface area contributed by atoms with Crippen molar-refractivity contribution in [3.63, 3.8) is 0 Å². The van der Waals surface area contributed by atoms with Crippen LogP contribution in [-0.4, -0.2) is 38.9 Å². The minimum absolute atomic E-state index is 0.0758. The van der Waals surface area contributed by atoms with Crippen LogP contribution in [0.15, 0.2) is 23.1 Å². The third-order valence-corrected chi connectivity index (χ3v) is 4.29. The summed E-state index contributed by atoms with van der Waals surface area (Å²) in [5.41, 5.74) is 5.31. The predicted molar refractivity (Wildman–Crippen MR) is 75.7 cm³/mol. The molecule has 1 fully saturated rings. The number of ether oxygens (including phenoxy) is 1. The molecule has 0 unspecified atom stereocenters. The zero-order valence-electron chi connectivity index (χ0n) is 11.0. The van der Waals surface area contributed by atoms with Crippen LogP contribution in [0.4, 0.5) is 11.4 Å². The van der Waals surface area contributed by atoms with Crippen LogP contribution in [0.25, 0.3) is 0 Å². The van der Waals surface area contributed by atoms with E-state index >= 15 is 0 Å². The number of primary sulfonamides is 1. The molecule has 0 bridgehead atoms. The van der Waals surface area contributed by atoms with Crippen LogP contribution in [0.1, 0.15) is 12.8 Å². The van der Waals surface area contributed by atoms with Gasteiger partial charge in [0.1, 0.15) is 4.90 Å². The van der Waals surface area contributed by atoms with Crippen molar-refractivity contribution in [2.24, 2.45) is 5.14 Å². The van der Waals surface area contributed by atoms with Crippen molar-refractivity contribution in [1.82, 2.24) is 0 Å². The Labute approximate surface area is 118 Å². The molecule has 0 spiro atoms. The molecule has 1 saturated heterocycles. The Morgan fingerprint density at radius 3 is 2.60 bits per heavy atom. The summed E-state index contributed by atoms with van der Waals surface area (Å²) >= 11 is 0. The van der Waals surface area contributed by atoms with Crippen LogP contribution in [0.3, 0.4) is 0 Å². The third-order valence-electron chi connectivity index (χ3n) is 3.34. The molecule has 1 aliphatic heterocycles. The summed E-state index contributed by atoms with van der Waals surface area (Å²) in [6, 6.07) is 4.41. The molecule has 1 aromatic rings. The van der Waals surface area contributed by atoms with Gasteiger partial charge in [0.05, 0.1) is 11.3 Å². The first kappa shape index (κ1) is 15.0. The molecule has 1 heterocycles. The standard InChI is InChI=1S/C12H19N3O4S/c13-9-1-2-10(11(7-9)20(14,17)18)15-8-12(16)3-5-19-6-4-12/h1-2,7,15-16H,3-6,8,13H2,(H2,14,17,18). The van der Waals surface area contributed by atoms with E-state index in [2.05, 4.69) is 5.32 Å². The number of aliphatic hydroxyl groups is 1. The minimum Gasteiger partial charge on any atom is -0.399 e. The quantitative estimate of drug-likeness (QED) is 0.574. The largest absolute Gasteiger partial charge is 0.399 e. The number of nitrogen functional groups attached to an aromatic ring is 1. The molecular weight excluding hydrogens is 282 g/mol. The zero-order valence-corrected chi connectivity index (χ0v) is 11.8. The summed E-state index contributed by atoms with van der Waals surface area (Å²) in [7, 11) is -3.88. The van der Waals surface area contributed by atoms with Crippen LogP contribution in [0.5, 0.6) is 0 Å². The second-order valence-corrected chi connectivity index (χ2v) is 6.52. The number of hydrogen-bond acceptors (Lipinski definition) is 6. The van der Waals surface area contributed by atoms with Crippen molar-refractivity contribution >= 4 is 21.4 Å². The fourth-order valence-electron chi connectivity index (χ4n) is 2.11. The highest BCUT2D eigenvalue weighted by molar-refractivity contribution is 7.89. The van der Waals surface area contributed by atoms with Crippen LogP contribution in [-0.2, 0) is 14.8 Å². The number of sulfonamides is 1. The molecule has 20 heavy (non-hydrogen) atoms. The lowest BCUT2D eigenvalue weighted by Gasteiger charge is -2.32. The lowest BCUT2D eigenvalue weighted by molar-refractivity contribution is -0.0543. The molecule has 6 N–H and O–H groups in total. The maximum absolute atomic E-state index is 11.5. The summed E-state index contributed by atoms with van der Waals surface area (Å²) in [6.07, 6.45) is 0.999. The van der Waals surface area contributed by atoms with Crippen LogP contribution in [0.2, 0.25) is 0 Å². The number of hydrogen-bond donors (Lipinski definition) is 4. The van der Waals surface area contributed by atoms with Gasteiger partial charge in [-0.25, -0.2) is 13.6 Å². The Morgan fingerprint density at radius 1 is 1.35 bits per heavy atom. The molecule has 2 rings (SSSR count). The summed E-state index contributed by atoms with van der Waals surface area (Å²) in [4.78, 5) is -0.0758. The van der Waals surface area contributed by atoms with Gasteiger partial charge in [0.25, 0.3) is 0 Å². The molecular formula is C12H19N3O4S. The first-order valence-corrected chi connectivity index (χ1v) is 7.81. The molecule has 8 heteroatoms. The molecule has 7 nitrogen and oxygen atoms in total. The van der Waals surface area contributed by atoms with Crippen molar-refractivity contribution in [2.75, 3.05) is 30.8 Å². The molecule has 1 aromatic carbocycles. The summed E-state index contributed by atoms with van der Waals surface area (Å²) in [6.45, 7) is 1.20. The molecule has 0 radical (unpaired) electrons. The fraction of sp³-hybridized carbons (Fsp3) is 0.500. The van der Waals surface area contributed by atoms with Crippen LogP contribution < -0.4 is 16.2 Å². The number of nitrogens with one attached hydrogen (secondary N) is 1. The van der Waals surface area contributed by atoms with Crippen molar-refractivity contribution in [2.45, 2.75) is 23.3 Å². The van der Waals surface area contributed by atoms with E-state index in [4.69, 9.17) is 15.6 Å². The molecule has 0 aliphatic carbocycles. The highest BCUT2D eigenvalue weighted by atomic mass is 32.2. The van der Waals surface area contributed by atoms with Crippen molar-refractivity contribution in [1.29, 1.82) is 0 Å². The second kappa shape index (κ2) is 5.57. The van der Waals surface area contributed by atoms with Gasteiger partial charge in [0.2, 0.25) is 10.0 Å². The van der Waals surface area contributed by atoms with Crippen molar-refractivity contribution in [3.8, 4) is 0 Å². The maximum atomic E-state index is 11.5. The van der Waals surface area contributed by atoms with Crippen LogP contribution in [0, 0.1) is 0 Å². The number of anilines is 2. The van der Waals surface area contributed by atoms with Gasteiger partial charge in [-0.05, 0) is 18.2 Å². The summed E-state index contributed by atoms with van der Waals surface area (Å²) in [5.74, 6) is 0. The van der Waals surface area contributed by atoms with E-state index in [1.807, 2.05) is 0 Å². The van der Waals surface area contributed by atoms with Gasteiger partial charge in [-0.1, -0.05) is 0 Å². The van der Waals surface area contributed by atoms with E-state index in [0.717, 1.165) is 0 Å². The molecule has 112 valence electrons. The van der Waals surface area contributed by atoms with Gasteiger partial charge in [0.15, 0.2) is 0 Å². The molecule has 0 atom stereocenters. The van der Waals surface area contributed by atoms with Gasteiger partial charge in [-0.15, -0.1) is 0 Å². The Balaban J connectivity index is 2.17. The average Bonchev–Trinajstić information content (AvgIpc) is 2.37. The highest BCUT2D eigenvalue weighted by Crippen LogP contribution is 2.26. The zero-order chi connectivity index (χ0) is 14.8. The second-order valence-electron chi connectivity index (χ2n) is 4.99.